The Morgan fingerprint density at radius 1 is 1.28 bits per heavy atom. The number of methoxy groups -OCH3 is 1. The summed E-state index contributed by atoms with van der Waals surface area (Å²) in [6.45, 7) is 5.10. The van der Waals surface area contributed by atoms with E-state index in [2.05, 4.69) is 4.74 Å². The van der Waals surface area contributed by atoms with Crippen LogP contribution in [0.1, 0.15) is 31.3 Å². The minimum Gasteiger partial charge on any atom is -0.464 e. The molecule has 0 aliphatic rings. The maximum Gasteiger partial charge on any atom is 0.419 e. The molecule has 0 atom stereocenters. The van der Waals surface area contributed by atoms with Gasteiger partial charge in [-0.3, -0.25) is 4.79 Å². The van der Waals surface area contributed by atoms with Gasteiger partial charge >= 0.3 is 12.1 Å². The van der Waals surface area contributed by atoms with E-state index in [0.29, 0.717) is 0 Å². The summed E-state index contributed by atoms with van der Waals surface area (Å²) in [5.74, 6) is -0.779. The Labute approximate surface area is 104 Å². The van der Waals surface area contributed by atoms with Crippen LogP contribution in [0.5, 0.6) is 0 Å². The van der Waals surface area contributed by atoms with E-state index >= 15 is 0 Å². The van der Waals surface area contributed by atoms with Gasteiger partial charge in [-0.1, -0.05) is 0 Å². The van der Waals surface area contributed by atoms with Crippen LogP contribution in [-0.4, -0.2) is 29.3 Å². The Morgan fingerprint density at radius 3 is 2.39 bits per heavy atom. The molecule has 0 aliphatic heterocycles. The number of rotatable bonds is 1. The Kier molecular flexibility index (Phi) is 3.90. The van der Waals surface area contributed by atoms with Gasteiger partial charge in [-0.2, -0.15) is 0 Å². The molecule has 1 heterocycles. The maximum atomic E-state index is 11.8. The Morgan fingerprint density at radius 2 is 1.89 bits per heavy atom. The van der Waals surface area contributed by atoms with Crippen LogP contribution in [0, 0.1) is 0 Å². The Bertz CT molecular complexity index is 524. The first-order valence-corrected chi connectivity index (χ1v) is 5.29. The highest BCUT2D eigenvalue weighted by Crippen LogP contribution is 2.10. The van der Waals surface area contributed by atoms with Gasteiger partial charge in [0.25, 0.3) is 0 Å². The van der Waals surface area contributed by atoms with Crippen molar-refractivity contribution >= 4 is 12.1 Å². The summed E-state index contributed by atoms with van der Waals surface area (Å²) in [4.78, 5) is 34.5. The fraction of sp³-hybridized carbons (Fsp3) is 0.417. The quantitative estimate of drug-likeness (QED) is 0.707. The first-order chi connectivity index (χ1) is 8.24. The lowest BCUT2D eigenvalue weighted by Gasteiger charge is -2.20. The zero-order valence-electron chi connectivity index (χ0n) is 10.7. The van der Waals surface area contributed by atoms with Crippen LogP contribution in [0.4, 0.5) is 4.79 Å². The lowest BCUT2D eigenvalue weighted by atomic mass is 10.2. The van der Waals surface area contributed by atoms with Crippen molar-refractivity contribution in [1.29, 1.82) is 0 Å². The summed E-state index contributed by atoms with van der Waals surface area (Å²) in [6.07, 6.45) is 0.436. The fourth-order valence-corrected chi connectivity index (χ4v) is 1.21. The van der Waals surface area contributed by atoms with Gasteiger partial charge in [-0.05, 0) is 20.8 Å². The highest BCUT2D eigenvalue weighted by atomic mass is 16.6. The summed E-state index contributed by atoms with van der Waals surface area (Å²) >= 11 is 0. The zero-order chi connectivity index (χ0) is 13.9. The van der Waals surface area contributed by atoms with Gasteiger partial charge in [0, 0.05) is 18.3 Å². The van der Waals surface area contributed by atoms with Gasteiger partial charge in [0.15, 0.2) is 5.43 Å². The van der Waals surface area contributed by atoms with Gasteiger partial charge in [-0.15, -0.1) is 0 Å². The number of ether oxygens (including phenoxy) is 2. The van der Waals surface area contributed by atoms with E-state index in [1.807, 2.05) is 0 Å². The average molecular weight is 253 g/mol. The van der Waals surface area contributed by atoms with Crippen molar-refractivity contribution in [3.63, 3.8) is 0 Å². The third-order valence-corrected chi connectivity index (χ3v) is 1.91. The molecule has 0 radical (unpaired) electrons. The standard InChI is InChI=1S/C12H15NO5/c1-12(2,3)18-11(16)13-6-5-8(14)7-9(13)10(15)17-4/h5-7H,1-4H3. The number of aromatic nitrogens is 1. The molecule has 0 amide bonds. The number of carbonyl (C=O) groups is 2. The minimum atomic E-state index is -0.779. The molecule has 0 unspecified atom stereocenters. The van der Waals surface area contributed by atoms with Crippen LogP contribution in [0.25, 0.3) is 0 Å². The first-order valence-electron chi connectivity index (χ1n) is 5.29. The number of carbonyl (C=O) groups excluding carboxylic acids is 2. The predicted octanol–water partition coefficient (Wildman–Crippen LogP) is 1.42. The van der Waals surface area contributed by atoms with E-state index in [1.165, 1.54) is 13.3 Å². The molecule has 0 aromatic carbocycles. The fourth-order valence-electron chi connectivity index (χ4n) is 1.21. The molecule has 0 N–H and O–H groups in total. The monoisotopic (exact) mass is 253 g/mol. The third kappa shape index (κ3) is 3.44. The highest BCUT2D eigenvalue weighted by molar-refractivity contribution is 5.91. The Balaban J connectivity index is 3.20. The van der Waals surface area contributed by atoms with Crippen molar-refractivity contribution < 1.29 is 19.1 Å². The molecule has 98 valence electrons. The van der Waals surface area contributed by atoms with Crippen molar-refractivity contribution in [2.75, 3.05) is 7.11 Å². The van der Waals surface area contributed by atoms with Gasteiger partial charge in [0.1, 0.15) is 11.3 Å². The van der Waals surface area contributed by atoms with Crippen molar-refractivity contribution in [1.82, 2.24) is 4.57 Å². The van der Waals surface area contributed by atoms with Crippen LogP contribution in [0.3, 0.4) is 0 Å². The molecule has 0 aliphatic carbocycles. The van der Waals surface area contributed by atoms with Crippen LogP contribution in [0.2, 0.25) is 0 Å². The summed E-state index contributed by atoms with van der Waals surface area (Å²) in [5.41, 5.74) is -1.26. The van der Waals surface area contributed by atoms with Gasteiger partial charge in [0.2, 0.25) is 0 Å². The molecule has 6 heteroatoms. The smallest absolute Gasteiger partial charge is 0.419 e. The summed E-state index contributed by atoms with van der Waals surface area (Å²) in [5, 5.41) is 0. The second-order valence-corrected chi connectivity index (χ2v) is 4.59. The number of nitrogens with zero attached hydrogens (tertiary/aromatic N) is 1. The molecule has 0 fully saturated rings. The number of hydrogen-bond donors (Lipinski definition) is 0. The molecular formula is C12H15NO5. The zero-order valence-corrected chi connectivity index (χ0v) is 10.7. The maximum absolute atomic E-state index is 11.8. The molecule has 1 aromatic heterocycles. The van der Waals surface area contributed by atoms with E-state index < -0.39 is 23.1 Å². The number of pyridine rings is 1. The molecular weight excluding hydrogens is 238 g/mol. The topological polar surface area (TPSA) is 74.6 Å². The molecule has 0 bridgehead atoms. The number of esters is 1. The van der Waals surface area contributed by atoms with Crippen molar-refractivity contribution in [2.45, 2.75) is 26.4 Å². The summed E-state index contributed by atoms with van der Waals surface area (Å²) < 4.78 is 10.6. The Hall–Kier alpha value is -2.11. The summed E-state index contributed by atoms with van der Waals surface area (Å²) in [7, 11) is 1.17. The molecule has 6 nitrogen and oxygen atoms in total. The predicted molar refractivity (Wildman–Crippen MR) is 63.7 cm³/mol. The SMILES string of the molecule is COC(=O)c1cc(=O)ccn1C(=O)OC(C)(C)C. The van der Waals surface area contributed by atoms with Crippen LogP contribution >= 0.6 is 0 Å². The number of hydrogen-bond acceptors (Lipinski definition) is 5. The van der Waals surface area contributed by atoms with Crippen LogP contribution in [-0.2, 0) is 9.47 Å². The molecule has 0 saturated heterocycles. The van der Waals surface area contributed by atoms with Gasteiger partial charge in [-0.25, -0.2) is 14.2 Å². The third-order valence-electron chi connectivity index (χ3n) is 1.91. The van der Waals surface area contributed by atoms with E-state index in [0.717, 1.165) is 16.7 Å². The van der Waals surface area contributed by atoms with E-state index in [9.17, 15) is 14.4 Å². The van der Waals surface area contributed by atoms with Crippen molar-refractivity contribution in [3.05, 3.63) is 34.2 Å². The molecule has 18 heavy (non-hydrogen) atoms. The normalized spacial score (nSPS) is 10.9. The second kappa shape index (κ2) is 5.03. The highest BCUT2D eigenvalue weighted by Gasteiger charge is 2.21. The van der Waals surface area contributed by atoms with Crippen molar-refractivity contribution in [2.24, 2.45) is 0 Å². The molecule has 1 rings (SSSR count). The average Bonchev–Trinajstić information content (AvgIpc) is 2.25. The molecule has 0 saturated carbocycles. The van der Waals surface area contributed by atoms with E-state index in [4.69, 9.17) is 4.74 Å². The van der Waals surface area contributed by atoms with Crippen molar-refractivity contribution in [3.8, 4) is 0 Å². The van der Waals surface area contributed by atoms with Gasteiger partial charge < -0.3 is 9.47 Å². The minimum absolute atomic E-state index is 0.167. The summed E-state index contributed by atoms with van der Waals surface area (Å²) in [6, 6.07) is 2.19. The lowest BCUT2D eigenvalue weighted by molar-refractivity contribution is 0.0480. The molecule has 1 aromatic rings. The van der Waals surface area contributed by atoms with Crippen LogP contribution in [0.15, 0.2) is 23.1 Å². The molecule has 0 spiro atoms. The van der Waals surface area contributed by atoms with E-state index in [-0.39, 0.29) is 5.69 Å². The first kappa shape index (κ1) is 14.0. The largest absolute Gasteiger partial charge is 0.464 e. The lowest BCUT2D eigenvalue weighted by Crippen LogP contribution is -2.30. The van der Waals surface area contributed by atoms with Gasteiger partial charge in [0.05, 0.1) is 7.11 Å². The van der Waals surface area contributed by atoms with Crippen LogP contribution < -0.4 is 5.43 Å². The van der Waals surface area contributed by atoms with E-state index in [1.54, 1.807) is 20.8 Å². The second-order valence-electron chi connectivity index (χ2n) is 4.59.